The first-order chi connectivity index (χ1) is 63.7. The number of hydrogen-bond acceptors (Lipinski definition) is 14. The lowest BCUT2D eigenvalue weighted by Gasteiger charge is -2.45. The molecule has 856 valence electrons. The van der Waals surface area contributed by atoms with Crippen molar-refractivity contribution in [3.63, 3.8) is 0 Å². The van der Waals surface area contributed by atoms with E-state index in [9.17, 15) is 113 Å². The summed E-state index contributed by atoms with van der Waals surface area (Å²) >= 11 is 0. The van der Waals surface area contributed by atoms with Crippen molar-refractivity contribution in [1.82, 2.24) is 0 Å². The SMILES string of the molecule is CCC(C)(C(=O)OC(C)(C)C)C(F)(F)F.CCC(C)(C(=O)OC1CCC(C(C)(C)C)CC1)C(F)(F)F.CCC(C)(C)C(=O)OC(C)(C)C.CCC(C)(C)C(=O)OC(C)C(F)(F)F.CCC(C)(C)C(=O)OC(C)C(F)F.CCC(C)(C)C(=O)OC1(F)CCC(F)(F)C(F)(F)C1(F)F.CCC(C)(C)c1ccc(C(C)(C)C)cc1.CCC(C)C[Si](C)(C)C.CCC(C)C[Si](C)(C)C.CCC1(OC(=O)C(C)(C)CC)CCCC1. The number of ether oxygens (including phenoxy) is 7. The molecular formula is C110H198F18O14Si2. The first kappa shape index (κ1) is 149. The van der Waals surface area contributed by atoms with Gasteiger partial charge in [-0.1, -0.05) is 234 Å². The van der Waals surface area contributed by atoms with Crippen molar-refractivity contribution in [3.8, 4) is 0 Å². The van der Waals surface area contributed by atoms with Gasteiger partial charge in [-0.05, 0) is 293 Å². The molecular weight excluding hydrogens is 1940 g/mol. The van der Waals surface area contributed by atoms with Crippen LogP contribution in [0.5, 0.6) is 0 Å². The third-order valence-corrected chi connectivity index (χ3v) is 31.5. The minimum absolute atomic E-state index is 0.0197. The van der Waals surface area contributed by atoms with Crippen LogP contribution in [0.3, 0.4) is 0 Å². The quantitative estimate of drug-likeness (QED) is 0.0319. The first-order valence-electron chi connectivity index (χ1n) is 51.7. The summed E-state index contributed by atoms with van der Waals surface area (Å²) in [6.45, 7) is 88.6. The van der Waals surface area contributed by atoms with Crippen LogP contribution >= 0.6 is 0 Å². The zero-order valence-electron chi connectivity index (χ0n) is 97.6. The van der Waals surface area contributed by atoms with E-state index in [0.717, 1.165) is 77.6 Å². The molecule has 0 amide bonds. The molecule has 0 saturated heterocycles. The number of hydrogen-bond donors (Lipinski definition) is 0. The Hall–Kier alpha value is -5.32. The molecule has 4 rings (SSSR count). The van der Waals surface area contributed by atoms with Gasteiger partial charge in [-0.2, -0.15) is 70.2 Å². The van der Waals surface area contributed by atoms with Crippen LogP contribution in [0.15, 0.2) is 24.3 Å². The van der Waals surface area contributed by atoms with E-state index in [1.807, 2.05) is 69.2 Å². The maximum atomic E-state index is 14.1. The molecule has 0 aromatic heterocycles. The van der Waals surface area contributed by atoms with Gasteiger partial charge in [0.2, 0.25) is 0 Å². The average molecular weight is 2140 g/mol. The summed E-state index contributed by atoms with van der Waals surface area (Å²) in [7, 11) is -1.48. The Morgan fingerprint density at radius 1 is 0.382 bits per heavy atom. The largest absolute Gasteiger partial charge is 0.462 e. The van der Waals surface area contributed by atoms with E-state index in [2.05, 4.69) is 175 Å². The third kappa shape index (κ3) is 52.6. The summed E-state index contributed by atoms with van der Waals surface area (Å²) in [5, 5.41) is 0. The molecule has 0 radical (unpaired) electrons. The van der Waals surface area contributed by atoms with Crippen molar-refractivity contribution < 1.29 is 146 Å². The number of esters is 7. The van der Waals surface area contributed by atoms with Crippen molar-refractivity contribution in [2.45, 2.75) is 565 Å². The van der Waals surface area contributed by atoms with E-state index < -0.39 is 152 Å². The Bertz CT molecular complexity index is 3850. The van der Waals surface area contributed by atoms with Gasteiger partial charge in [0.25, 0.3) is 6.43 Å². The minimum atomic E-state index is -5.95. The van der Waals surface area contributed by atoms with E-state index in [-0.39, 0.29) is 70.2 Å². The minimum Gasteiger partial charge on any atom is -0.462 e. The first-order valence-corrected chi connectivity index (χ1v) is 59.1. The predicted molar refractivity (Wildman–Crippen MR) is 551 cm³/mol. The summed E-state index contributed by atoms with van der Waals surface area (Å²) in [5.41, 5.74) is -6.24. The molecule has 1 aromatic rings. The number of carbonyl (C=O) groups is 7. The highest BCUT2D eigenvalue weighted by Gasteiger charge is 2.84. The van der Waals surface area contributed by atoms with Crippen LogP contribution in [-0.4, -0.2) is 142 Å². The van der Waals surface area contributed by atoms with Gasteiger partial charge < -0.3 is 33.2 Å². The number of halogens is 18. The Morgan fingerprint density at radius 3 is 0.979 bits per heavy atom. The third-order valence-electron chi connectivity index (χ3n) is 27.6. The molecule has 1 aromatic carbocycles. The summed E-state index contributed by atoms with van der Waals surface area (Å²) in [4.78, 5) is 80.9. The maximum Gasteiger partial charge on any atom is 0.425 e. The number of rotatable bonds is 29. The molecule has 0 N–H and O–H groups in total. The number of benzene rings is 1. The molecule has 3 aliphatic carbocycles. The van der Waals surface area contributed by atoms with E-state index in [4.69, 9.17) is 18.9 Å². The fourth-order valence-electron chi connectivity index (χ4n) is 12.9. The molecule has 7 unspecified atom stereocenters. The molecule has 7 atom stereocenters. The maximum absolute atomic E-state index is 14.1. The van der Waals surface area contributed by atoms with Crippen molar-refractivity contribution >= 4 is 57.9 Å². The van der Waals surface area contributed by atoms with Crippen molar-refractivity contribution in [2.75, 3.05) is 0 Å². The van der Waals surface area contributed by atoms with Crippen LogP contribution in [0.2, 0.25) is 51.4 Å². The summed E-state index contributed by atoms with van der Waals surface area (Å²) in [6, 6.07) is 12.1. The summed E-state index contributed by atoms with van der Waals surface area (Å²) in [5.74, 6) is -24.2. The topological polar surface area (TPSA) is 184 Å². The average Bonchev–Trinajstić information content (AvgIpc) is 0.733. The van der Waals surface area contributed by atoms with Gasteiger partial charge in [-0.15, -0.1) is 0 Å². The van der Waals surface area contributed by atoms with Crippen LogP contribution in [0.4, 0.5) is 79.0 Å². The van der Waals surface area contributed by atoms with Crippen molar-refractivity contribution in [3.05, 3.63) is 35.4 Å². The van der Waals surface area contributed by atoms with E-state index >= 15 is 0 Å². The highest BCUT2D eigenvalue weighted by Crippen LogP contribution is 2.60. The van der Waals surface area contributed by atoms with Gasteiger partial charge in [0, 0.05) is 29.0 Å². The molecule has 0 spiro atoms. The Morgan fingerprint density at radius 2 is 0.701 bits per heavy atom. The van der Waals surface area contributed by atoms with Gasteiger partial charge in [-0.25, -0.2) is 8.78 Å². The molecule has 0 bridgehead atoms. The molecule has 3 fully saturated rings. The fraction of sp³-hybridized carbons (Fsp3) is 0.882. The number of carbonyl (C=O) groups excluding carboxylic acids is 7. The molecule has 3 aliphatic rings. The Balaban J connectivity index is -0.000000371. The highest BCUT2D eigenvalue weighted by molar-refractivity contribution is 6.76. The van der Waals surface area contributed by atoms with Crippen LogP contribution in [0.1, 0.15) is 430 Å². The molecule has 144 heavy (non-hydrogen) atoms. The highest BCUT2D eigenvalue weighted by atomic mass is 28.3. The summed E-state index contributed by atoms with van der Waals surface area (Å²) < 4.78 is 264. The lowest BCUT2D eigenvalue weighted by Crippen LogP contribution is -2.69. The van der Waals surface area contributed by atoms with Gasteiger partial charge in [0.15, 0.2) is 23.0 Å². The van der Waals surface area contributed by atoms with Crippen LogP contribution in [0.25, 0.3) is 0 Å². The lowest BCUT2D eigenvalue weighted by molar-refractivity contribution is -0.409. The van der Waals surface area contributed by atoms with Gasteiger partial charge in [0.1, 0.15) is 22.9 Å². The standard InChI is InChI=1S/C16H27F3O2.C15H24.C13H24O2.C12H15F7O2.C10H17F3O2.C10H20O2.C9H15F3O2.C9H16F2O2.2C8H20Si/c1-6-15(5,16(17,18)19)13(20)21-12-9-7-11(8-10-12)14(2,3)4;1-7-15(5,6)13-10-8-12(9-11-13)14(2,3)4;1-5-12(3,4)11(14)15-13(6-2)9-7-8-10-13;1-4-8(2,3)7(20)21-10(15)6-5-9(13,14)11(16,17)12(10,18)19;1-6-9(5,10(11,12)13)7(14)15-8(2,3)4;1-7-10(5,6)8(11)12-9(2,3)4;1-5-8(3,4)7(13)14-6(2)9(10,11)12;1-5-9(3,4)8(12)13-6(2)7(10)11;2*1-6-8(2)7-9(3,4)5/h11-12H,6-10H2,1-5H3;8-11H,7H2,1-6H3;5-10H2,1-4H3;4-6H2,1-3H3;6H2,1-5H3;7H2,1-6H3;6H,5H2,1-4H3;6-7H,5H2,1-4H3;2*8H,6-7H2,1-5H3. The smallest absolute Gasteiger partial charge is 0.425 e. The molecule has 14 nitrogen and oxygen atoms in total. The zero-order chi connectivity index (χ0) is 116. The van der Waals surface area contributed by atoms with Crippen molar-refractivity contribution in [2.24, 2.45) is 61.1 Å². The second kappa shape index (κ2) is 59.1. The van der Waals surface area contributed by atoms with Crippen molar-refractivity contribution in [1.29, 1.82) is 0 Å². The van der Waals surface area contributed by atoms with Gasteiger partial charge >= 0.3 is 83.9 Å². The van der Waals surface area contributed by atoms with E-state index in [0.29, 0.717) is 37.0 Å². The second-order valence-corrected chi connectivity index (χ2v) is 61.1. The molecule has 34 heteroatoms. The second-order valence-electron chi connectivity index (χ2n) is 50.1. The molecule has 0 heterocycles. The molecule has 0 aliphatic heterocycles. The predicted octanol–water partition coefficient (Wildman–Crippen LogP) is 36.2. The lowest BCUT2D eigenvalue weighted by atomic mass is 9.72. The molecule has 3 saturated carbocycles. The monoisotopic (exact) mass is 2140 g/mol. The van der Waals surface area contributed by atoms with E-state index in [1.165, 1.54) is 118 Å². The van der Waals surface area contributed by atoms with E-state index in [1.54, 1.807) is 34.6 Å². The van der Waals surface area contributed by atoms with Gasteiger partial charge in [0.05, 0.1) is 27.1 Å². The summed E-state index contributed by atoms with van der Waals surface area (Å²) in [6.07, 6.45) is -9.00. The van der Waals surface area contributed by atoms with Crippen LogP contribution < -0.4 is 0 Å². The van der Waals surface area contributed by atoms with Crippen LogP contribution in [-0.2, 0) is 77.5 Å². The zero-order valence-corrected chi connectivity index (χ0v) is 99.6. The van der Waals surface area contributed by atoms with Crippen LogP contribution in [0, 0.1) is 61.1 Å². The number of alkyl halides is 18. The fourth-order valence-corrected chi connectivity index (χ4v) is 17.7. The Labute approximate surface area is 860 Å². The van der Waals surface area contributed by atoms with Gasteiger partial charge in [-0.3, -0.25) is 33.6 Å². The normalized spacial score (nSPS) is 19.5. The Kier molecular flexibility index (Phi) is 61.3.